The molecule has 0 aromatic heterocycles. The highest BCUT2D eigenvalue weighted by molar-refractivity contribution is 7.88. The number of nitrogens with one attached hydrogen (secondary N) is 1. The Morgan fingerprint density at radius 3 is 2.03 bits per heavy atom. The smallest absolute Gasteiger partial charge is 0.247 e. The average molecular weight is 540 g/mol. The van der Waals surface area contributed by atoms with Gasteiger partial charge in [0.2, 0.25) is 21.8 Å². The van der Waals surface area contributed by atoms with Crippen molar-refractivity contribution in [2.45, 2.75) is 19.1 Å². The lowest BCUT2D eigenvalue weighted by Gasteiger charge is -2.33. The number of hydrogen-bond donors (Lipinski definition) is 2. The minimum absolute atomic E-state index is 0.00843. The van der Waals surface area contributed by atoms with Crippen molar-refractivity contribution >= 4 is 21.8 Å². The molecule has 0 aliphatic rings. The lowest BCUT2D eigenvalue weighted by molar-refractivity contribution is -0.141. The zero-order chi connectivity index (χ0) is 27.5. The molecule has 9 nitrogen and oxygen atoms in total. The van der Waals surface area contributed by atoms with E-state index in [2.05, 4.69) is 5.32 Å². The van der Waals surface area contributed by atoms with Gasteiger partial charge in [0.05, 0.1) is 26.5 Å². The number of methoxy groups -OCH3 is 1. The first kappa shape index (κ1) is 28.8. The lowest BCUT2D eigenvalue weighted by Crippen LogP contribution is -2.48. The maximum Gasteiger partial charge on any atom is 0.247 e. The number of benzene rings is 3. The summed E-state index contributed by atoms with van der Waals surface area (Å²) in [4.78, 5) is 28.6. The van der Waals surface area contributed by atoms with E-state index in [1.165, 1.54) is 4.90 Å². The van der Waals surface area contributed by atoms with Gasteiger partial charge < -0.3 is 20.1 Å². The molecule has 0 unspecified atom stereocenters. The number of nitrogens with zero attached hydrogens (tertiary/aromatic N) is 2. The predicted molar refractivity (Wildman–Crippen MR) is 145 cm³/mol. The van der Waals surface area contributed by atoms with Gasteiger partial charge in [0.15, 0.2) is 0 Å². The molecule has 2 amide bonds. The third-order valence-electron chi connectivity index (χ3n) is 5.90. The van der Waals surface area contributed by atoms with Gasteiger partial charge in [-0.05, 0) is 28.8 Å². The summed E-state index contributed by atoms with van der Waals surface area (Å²) in [6.07, 6.45) is 1.06. The molecule has 0 fully saturated rings. The number of ether oxygens (including phenoxy) is 1. The Kier molecular flexibility index (Phi) is 10.4. The Morgan fingerprint density at radius 2 is 1.47 bits per heavy atom. The third-order valence-corrected chi connectivity index (χ3v) is 7.10. The van der Waals surface area contributed by atoms with Crippen molar-refractivity contribution in [3.63, 3.8) is 0 Å². The lowest BCUT2D eigenvalue weighted by atomic mass is 10.0. The maximum absolute atomic E-state index is 13.9. The number of aliphatic hydroxyl groups is 1. The third kappa shape index (κ3) is 8.14. The van der Waals surface area contributed by atoms with Crippen LogP contribution in [-0.4, -0.2) is 67.6 Å². The number of aliphatic hydroxyl groups excluding tert-OH is 1. The molecule has 0 saturated heterocycles. The van der Waals surface area contributed by atoms with Crippen molar-refractivity contribution < 1.29 is 27.9 Å². The highest BCUT2D eigenvalue weighted by Crippen LogP contribution is 2.25. The minimum atomic E-state index is -3.76. The summed E-state index contributed by atoms with van der Waals surface area (Å²) in [6.45, 7) is -0.665. The molecule has 0 bridgehead atoms. The summed E-state index contributed by atoms with van der Waals surface area (Å²) in [7, 11) is -2.21. The molecule has 0 heterocycles. The van der Waals surface area contributed by atoms with Gasteiger partial charge in [-0.1, -0.05) is 72.8 Å². The highest BCUT2D eigenvalue weighted by atomic mass is 32.2. The number of rotatable bonds is 13. The summed E-state index contributed by atoms with van der Waals surface area (Å²) in [6, 6.07) is 23.8. The summed E-state index contributed by atoms with van der Waals surface area (Å²) >= 11 is 0. The van der Waals surface area contributed by atoms with E-state index in [4.69, 9.17) is 4.74 Å². The van der Waals surface area contributed by atoms with Gasteiger partial charge >= 0.3 is 0 Å². The fraction of sp³-hybridized carbons (Fsp3) is 0.286. The van der Waals surface area contributed by atoms with E-state index in [-0.39, 0.29) is 26.2 Å². The Bertz CT molecular complexity index is 1290. The summed E-state index contributed by atoms with van der Waals surface area (Å²) in [5.41, 5.74) is 2.01. The van der Waals surface area contributed by atoms with Crippen molar-refractivity contribution in [1.82, 2.24) is 14.5 Å². The van der Waals surface area contributed by atoms with Crippen LogP contribution in [0.4, 0.5) is 0 Å². The molecule has 3 rings (SSSR count). The SMILES string of the molecule is COc1ccc(CN(C(=O)CN(Cc2ccccc2)S(C)(=O)=O)[C@@H](C(=O)NCCO)c2ccccc2)cc1. The van der Waals surface area contributed by atoms with Crippen molar-refractivity contribution in [2.24, 2.45) is 0 Å². The summed E-state index contributed by atoms with van der Waals surface area (Å²) in [5.74, 6) is -0.394. The number of amides is 2. The van der Waals surface area contributed by atoms with Gasteiger partial charge in [0.25, 0.3) is 0 Å². The number of hydrogen-bond acceptors (Lipinski definition) is 6. The largest absolute Gasteiger partial charge is 0.497 e. The quantitative estimate of drug-likeness (QED) is 0.345. The Hall–Kier alpha value is -3.73. The molecule has 1 atom stereocenters. The minimum Gasteiger partial charge on any atom is -0.497 e. The van der Waals surface area contributed by atoms with E-state index in [0.717, 1.165) is 21.7 Å². The zero-order valence-electron chi connectivity index (χ0n) is 21.5. The summed E-state index contributed by atoms with van der Waals surface area (Å²) < 4.78 is 31.7. The van der Waals surface area contributed by atoms with Crippen molar-refractivity contribution in [3.05, 3.63) is 102 Å². The summed E-state index contributed by atoms with van der Waals surface area (Å²) in [5, 5.41) is 11.9. The van der Waals surface area contributed by atoms with Crippen LogP contribution in [-0.2, 0) is 32.7 Å². The molecule has 10 heteroatoms. The van der Waals surface area contributed by atoms with Crippen molar-refractivity contribution in [1.29, 1.82) is 0 Å². The Morgan fingerprint density at radius 1 is 0.895 bits per heavy atom. The Labute approximate surface area is 223 Å². The van der Waals surface area contributed by atoms with Crippen LogP contribution in [0.15, 0.2) is 84.9 Å². The first-order valence-electron chi connectivity index (χ1n) is 12.1. The number of sulfonamides is 1. The average Bonchev–Trinajstić information content (AvgIpc) is 2.92. The molecule has 3 aromatic carbocycles. The maximum atomic E-state index is 13.9. The molecular formula is C28H33N3O6S. The molecule has 0 aliphatic heterocycles. The molecule has 38 heavy (non-hydrogen) atoms. The van der Waals surface area contributed by atoms with Gasteiger partial charge in [-0.25, -0.2) is 8.42 Å². The van der Waals surface area contributed by atoms with Crippen molar-refractivity contribution in [3.8, 4) is 5.75 Å². The van der Waals surface area contributed by atoms with Crippen LogP contribution in [0.3, 0.4) is 0 Å². The van der Waals surface area contributed by atoms with Gasteiger partial charge in [0, 0.05) is 19.6 Å². The monoisotopic (exact) mass is 539 g/mol. The molecule has 202 valence electrons. The zero-order valence-corrected chi connectivity index (χ0v) is 22.3. The van der Waals surface area contributed by atoms with Crippen LogP contribution >= 0.6 is 0 Å². The topological polar surface area (TPSA) is 116 Å². The van der Waals surface area contributed by atoms with E-state index < -0.39 is 34.4 Å². The van der Waals surface area contributed by atoms with Crippen LogP contribution in [0.1, 0.15) is 22.7 Å². The first-order valence-corrected chi connectivity index (χ1v) is 13.9. The Balaban J connectivity index is 2.01. The predicted octanol–water partition coefficient (Wildman–Crippen LogP) is 2.34. The molecule has 0 radical (unpaired) electrons. The molecule has 0 saturated carbocycles. The van der Waals surface area contributed by atoms with Crippen LogP contribution in [0.2, 0.25) is 0 Å². The second kappa shape index (κ2) is 13.7. The standard InChI is InChI=1S/C28H33N3O6S/c1-37-25-15-13-23(14-16-25)20-31(27(28(34)29-17-18-32)24-11-7-4-8-12-24)26(33)21-30(38(2,35)36)19-22-9-5-3-6-10-22/h3-16,27,32H,17-21H2,1-2H3,(H,29,34)/t27-/m1/s1. The van der Waals surface area contributed by atoms with Gasteiger partial charge in [-0.15, -0.1) is 0 Å². The van der Waals surface area contributed by atoms with Crippen LogP contribution in [0.25, 0.3) is 0 Å². The van der Waals surface area contributed by atoms with E-state index in [9.17, 15) is 23.1 Å². The molecule has 0 spiro atoms. The fourth-order valence-corrected chi connectivity index (χ4v) is 4.68. The fourth-order valence-electron chi connectivity index (χ4n) is 3.95. The van der Waals surface area contributed by atoms with E-state index >= 15 is 0 Å². The van der Waals surface area contributed by atoms with E-state index in [1.807, 2.05) is 6.07 Å². The number of carbonyl (C=O) groups excluding carboxylic acids is 2. The second-order valence-electron chi connectivity index (χ2n) is 8.71. The van der Waals surface area contributed by atoms with Crippen molar-refractivity contribution in [2.75, 3.05) is 33.1 Å². The second-order valence-corrected chi connectivity index (χ2v) is 10.7. The van der Waals surface area contributed by atoms with Crippen LogP contribution in [0, 0.1) is 0 Å². The van der Waals surface area contributed by atoms with Crippen LogP contribution < -0.4 is 10.1 Å². The van der Waals surface area contributed by atoms with Gasteiger partial charge in [0.1, 0.15) is 11.8 Å². The first-order chi connectivity index (χ1) is 18.2. The van der Waals surface area contributed by atoms with Gasteiger partial charge in [-0.2, -0.15) is 4.31 Å². The number of carbonyl (C=O) groups is 2. The molecular weight excluding hydrogens is 506 g/mol. The molecule has 2 N–H and O–H groups in total. The molecule has 3 aromatic rings. The van der Waals surface area contributed by atoms with E-state index in [0.29, 0.717) is 11.3 Å². The van der Waals surface area contributed by atoms with Gasteiger partial charge in [-0.3, -0.25) is 9.59 Å². The van der Waals surface area contributed by atoms with E-state index in [1.54, 1.807) is 86.0 Å². The molecule has 0 aliphatic carbocycles. The van der Waals surface area contributed by atoms with Crippen LogP contribution in [0.5, 0.6) is 5.75 Å². The normalized spacial score (nSPS) is 12.1. The highest BCUT2D eigenvalue weighted by Gasteiger charge is 2.33.